The normalized spacial score (nSPS) is 19.0. The Balaban J connectivity index is 2.55. The molecular formula is C7H13N5O3S. The van der Waals surface area contributed by atoms with Gasteiger partial charge in [0.2, 0.25) is 10.0 Å². The van der Waals surface area contributed by atoms with E-state index in [1.54, 1.807) is 5.01 Å². The highest BCUT2D eigenvalue weighted by molar-refractivity contribution is 7.88. The number of nitroso groups, excluding NO2 is 1. The summed E-state index contributed by atoms with van der Waals surface area (Å²) in [5.41, 5.74) is 0. The third kappa shape index (κ3) is 3.13. The quantitative estimate of drug-likeness (QED) is 0.358. The van der Waals surface area contributed by atoms with Gasteiger partial charge in [-0.2, -0.15) is 19.7 Å². The molecule has 1 aliphatic rings. The van der Waals surface area contributed by atoms with Crippen LogP contribution in [-0.2, 0) is 10.0 Å². The summed E-state index contributed by atoms with van der Waals surface area (Å²) in [6.07, 6.45) is 1.15. The van der Waals surface area contributed by atoms with E-state index in [-0.39, 0.29) is 6.54 Å². The Kier molecular flexibility index (Phi) is 4.17. The Hall–Kier alpha value is -1.24. The molecule has 0 aromatic carbocycles. The number of piperazine rings is 1. The summed E-state index contributed by atoms with van der Waals surface area (Å²) >= 11 is 0. The molecule has 0 aliphatic carbocycles. The SMILES string of the molecule is CS(=O)(=O)N1CCN(N(CC#N)N=O)CC1. The molecular weight excluding hydrogens is 234 g/mol. The molecule has 16 heavy (non-hydrogen) atoms. The van der Waals surface area contributed by atoms with Crippen LogP contribution in [0.4, 0.5) is 0 Å². The number of sulfonamides is 1. The Morgan fingerprint density at radius 1 is 1.38 bits per heavy atom. The van der Waals surface area contributed by atoms with Crippen LogP contribution in [0.15, 0.2) is 5.29 Å². The Labute approximate surface area is 94.0 Å². The second-order valence-electron chi connectivity index (χ2n) is 3.39. The predicted molar refractivity (Wildman–Crippen MR) is 56.1 cm³/mol. The van der Waals surface area contributed by atoms with Crippen LogP contribution in [0.25, 0.3) is 0 Å². The molecule has 8 nitrogen and oxygen atoms in total. The van der Waals surface area contributed by atoms with Gasteiger partial charge in [-0.25, -0.2) is 8.42 Å². The second-order valence-corrected chi connectivity index (χ2v) is 5.37. The van der Waals surface area contributed by atoms with Gasteiger partial charge in [-0.3, -0.25) is 0 Å². The molecule has 0 amide bonds. The van der Waals surface area contributed by atoms with E-state index in [2.05, 4.69) is 5.29 Å². The molecule has 0 N–H and O–H groups in total. The zero-order valence-corrected chi connectivity index (χ0v) is 9.72. The van der Waals surface area contributed by atoms with Crippen molar-refractivity contribution in [1.82, 2.24) is 14.4 Å². The minimum absolute atomic E-state index is 0.123. The lowest BCUT2D eigenvalue weighted by molar-refractivity contribution is -0.0356. The van der Waals surface area contributed by atoms with Gasteiger partial charge in [0.25, 0.3) is 0 Å². The molecule has 1 fully saturated rings. The van der Waals surface area contributed by atoms with Gasteiger partial charge in [-0.05, 0) is 0 Å². The molecule has 0 aromatic heterocycles. The number of nitrogens with zero attached hydrogens (tertiary/aromatic N) is 5. The summed E-state index contributed by atoms with van der Waals surface area (Å²) in [5, 5.41) is 13.7. The van der Waals surface area contributed by atoms with Gasteiger partial charge < -0.3 is 0 Å². The van der Waals surface area contributed by atoms with Gasteiger partial charge in [-0.15, -0.1) is 4.91 Å². The van der Waals surface area contributed by atoms with Crippen LogP contribution in [0.5, 0.6) is 0 Å². The van der Waals surface area contributed by atoms with Crippen molar-refractivity contribution in [3.8, 4) is 6.07 Å². The number of hydrazine groups is 1. The molecule has 1 saturated heterocycles. The zero-order valence-electron chi connectivity index (χ0n) is 8.90. The summed E-state index contributed by atoms with van der Waals surface area (Å²) in [6, 6.07) is 1.82. The van der Waals surface area contributed by atoms with Crippen LogP contribution in [-0.4, -0.2) is 61.8 Å². The second kappa shape index (κ2) is 5.20. The molecule has 0 bridgehead atoms. The van der Waals surface area contributed by atoms with Crippen LogP contribution in [0, 0.1) is 16.2 Å². The van der Waals surface area contributed by atoms with Gasteiger partial charge in [0.05, 0.1) is 17.6 Å². The molecule has 0 radical (unpaired) electrons. The van der Waals surface area contributed by atoms with Crippen molar-refractivity contribution < 1.29 is 8.42 Å². The van der Waals surface area contributed by atoms with Gasteiger partial charge in [0.15, 0.2) is 0 Å². The third-order valence-electron chi connectivity index (χ3n) is 2.32. The van der Waals surface area contributed by atoms with Gasteiger partial charge in [-0.1, -0.05) is 0 Å². The lowest BCUT2D eigenvalue weighted by Gasteiger charge is -2.35. The maximum Gasteiger partial charge on any atom is 0.211 e. The van der Waals surface area contributed by atoms with Gasteiger partial charge in [0.1, 0.15) is 6.54 Å². The minimum Gasteiger partial charge on any atom is -0.213 e. The average Bonchev–Trinajstić information content (AvgIpc) is 2.25. The molecule has 1 rings (SSSR count). The Morgan fingerprint density at radius 3 is 2.31 bits per heavy atom. The first kappa shape index (κ1) is 12.8. The fourth-order valence-corrected chi connectivity index (χ4v) is 2.31. The maximum absolute atomic E-state index is 11.2. The number of hydrogen-bond donors (Lipinski definition) is 0. The first-order chi connectivity index (χ1) is 7.49. The molecule has 0 spiro atoms. The van der Waals surface area contributed by atoms with Crippen molar-refractivity contribution in [3.63, 3.8) is 0 Å². The van der Waals surface area contributed by atoms with Crippen molar-refractivity contribution in [3.05, 3.63) is 4.91 Å². The van der Waals surface area contributed by atoms with E-state index < -0.39 is 10.0 Å². The van der Waals surface area contributed by atoms with E-state index >= 15 is 0 Å². The zero-order chi connectivity index (χ0) is 12.2. The molecule has 0 atom stereocenters. The number of rotatable bonds is 4. The average molecular weight is 247 g/mol. The van der Waals surface area contributed by atoms with Crippen LogP contribution < -0.4 is 0 Å². The fourth-order valence-electron chi connectivity index (χ4n) is 1.48. The van der Waals surface area contributed by atoms with Crippen LogP contribution in [0.3, 0.4) is 0 Å². The number of hydrogen-bond acceptors (Lipinski definition) is 6. The predicted octanol–water partition coefficient (Wildman–Crippen LogP) is -1.01. The van der Waals surface area contributed by atoms with Gasteiger partial charge >= 0.3 is 0 Å². The minimum atomic E-state index is -3.18. The van der Waals surface area contributed by atoms with E-state index in [0.29, 0.717) is 26.2 Å². The van der Waals surface area contributed by atoms with Crippen LogP contribution >= 0.6 is 0 Å². The molecule has 0 unspecified atom stereocenters. The highest BCUT2D eigenvalue weighted by atomic mass is 32.2. The molecule has 0 aromatic rings. The summed E-state index contributed by atoms with van der Waals surface area (Å²) < 4.78 is 23.8. The standard InChI is InChI=1S/C7H13N5O3S/c1-16(14,15)11-6-4-10(5-7-11)12(9-13)3-2-8/h3-7H2,1H3. The highest BCUT2D eigenvalue weighted by Crippen LogP contribution is 2.08. The first-order valence-corrected chi connectivity index (χ1v) is 6.51. The van der Waals surface area contributed by atoms with E-state index in [9.17, 15) is 13.3 Å². The van der Waals surface area contributed by atoms with Crippen molar-refractivity contribution >= 4 is 10.0 Å². The molecule has 1 aliphatic heterocycles. The van der Waals surface area contributed by atoms with Crippen molar-refractivity contribution in [1.29, 1.82) is 5.26 Å². The third-order valence-corrected chi connectivity index (χ3v) is 3.62. The van der Waals surface area contributed by atoms with E-state index in [0.717, 1.165) is 11.4 Å². The first-order valence-electron chi connectivity index (χ1n) is 4.67. The Bertz CT molecular complexity index is 381. The largest absolute Gasteiger partial charge is 0.213 e. The lowest BCUT2D eigenvalue weighted by Crippen LogP contribution is -2.53. The summed E-state index contributed by atoms with van der Waals surface area (Å²) in [5.74, 6) is 0. The summed E-state index contributed by atoms with van der Waals surface area (Å²) in [6.45, 7) is 1.20. The van der Waals surface area contributed by atoms with Crippen molar-refractivity contribution in [2.75, 3.05) is 39.0 Å². The fraction of sp³-hybridized carbons (Fsp3) is 0.857. The lowest BCUT2D eigenvalue weighted by atomic mass is 10.4. The monoisotopic (exact) mass is 247 g/mol. The van der Waals surface area contributed by atoms with E-state index in [4.69, 9.17) is 5.26 Å². The summed E-state index contributed by atoms with van der Waals surface area (Å²) in [7, 11) is -3.18. The smallest absolute Gasteiger partial charge is 0.211 e. The van der Waals surface area contributed by atoms with Crippen LogP contribution in [0.1, 0.15) is 0 Å². The molecule has 9 heteroatoms. The summed E-state index contributed by atoms with van der Waals surface area (Å²) in [4.78, 5) is 10.4. The van der Waals surface area contributed by atoms with Crippen molar-refractivity contribution in [2.45, 2.75) is 0 Å². The highest BCUT2D eigenvalue weighted by Gasteiger charge is 2.26. The molecule has 0 saturated carbocycles. The Morgan fingerprint density at radius 2 is 1.94 bits per heavy atom. The number of nitriles is 1. The maximum atomic E-state index is 11.2. The van der Waals surface area contributed by atoms with E-state index in [1.807, 2.05) is 6.07 Å². The van der Waals surface area contributed by atoms with E-state index in [1.165, 1.54) is 4.31 Å². The van der Waals surface area contributed by atoms with Crippen LogP contribution in [0.2, 0.25) is 0 Å². The van der Waals surface area contributed by atoms with Gasteiger partial charge in [0, 0.05) is 26.2 Å². The molecule has 90 valence electrons. The topological polar surface area (TPSA) is 97.1 Å². The molecule has 1 heterocycles. The van der Waals surface area contributed by atoms with Crippen molar-refractivity contribution in [2.24, 2.45) is 5.29 Å².